The minimum atomic E-state index is 0.378. The van der Waals surface area contributed by atoms with Gasteiger partial charge in [0.05, 0.1) is 0 Å². The van der Waals surface area contributed by atoms with Gasteiger partial charge in [-0.25, -0.2) is 0 Å². The number of hydrogen-bond donors (Lipinski definition) is 2. The van der Waals surface area contributed by atoms with Crippen LogP contribution in [0.5, 0.6) is 0 Å². The van der Waals surface area contributed by atoms with Gasteiger partial charge in [-0.15, -0.1) is 0 Å². The lowest BCUT2D eigenvalue weighted by atomic mass is 9.83. The summed E-state index contributed by atoms with van der Waals surface area (Å²) in [6, 6.07) is 1.34. The van der Waals surface area contributed by atoms with Gasteiger partial charge in [0.1, 0.15) is 0 Å². The Bertz CT molecular complexity index is 211. The van der Waals surface area contributed by atoms with E-state index >= 15 is 0 Å². The van der Waals surface area contributed by atoms with Crippen molar-refractivity contribution in [3.63, 3.8) is 0 Å². The minimum absolute atomic E-state index is 0.378. The van der Waals surface area contributed by atoms with Crippen LogP contribution >= 0.6 is 0 Å². The number of aliphatic hydroxyl groups is 1. The molecule has 2 aliphatic carbocycles. The van der Waals surface area contributed by atoms with Crippen molar-refractivity contribution in [3.8, 4) is 0 Å². The summed E-state index contributed by atoms with van der Waals surface area (Å²) in [7, 11) is 0. The summed E-state index contributed by atoms with van der Waals surface area (Å²) in [5, 5.41) is 13.2. The third kappa shape index (κ3) is 3.69. The van der Waals surface area contributed by atoms with Crippen LogP contribution in [0.4, 0.5) is 0 Å². The molecule has 2 fully saturated rings. The Morgan fingerprint density at radius 2 is 1.82 bits per heavy atom. The number of aliphatic hydroxyl groups excluding tert-OH is 1. The van der Waals surface area contributed by atoms with Crippen molar-refractivity contribution in [1.29, 1.82) is 0 Å². The summed E-state index contributed by atoms with van der Waals surface area (Å²) >= 11 is 0. The Morgan fingerprint density at radius 3 is 2.47 bits per heavy atom. The maximum Gasteiger partial charge on any atom is 0.0474 e. The van der Waals surface area contributed by atoms with Crippen LogP contribution in [-0.4, -0.2) is 23.8 Å². The number of nitrogens with one attached hydrogen (secondary N) is 1. The standard InChI is InChI=1S/C15H29NO/c1-2-4-12-7-9-14(10-8-12)16-15-6-3-5-13(15)11-17/h12-17H,2-11H2,1H3. The Hall–Kier alpha value is -0.0800. The summed E-state index contributed by atoms with van der Waals surface area (Å²) in [5.41, 5.74) is 0. The van der Waals surface area contributed by atoms with Crippen LogP contribution in [0.1, 0.15) is 64.7 Å². The fraction of sp³-hybridized carbons (Fsp3) is 1.00. The van der Waals surface area contributed by atoms with Gasteiger partial charge >= 0.3 is 0 Å². The van der Waals surface area contributed by atoms with E-state index in [2.05, 4.69) is 12.2 Å². The molecule has 2 heteroatoms. The van der Waals surface area contributed by atoms with Gasteiger partial charge in [0.2, 0.25) is 0 Å². The lowest BCUT2D eigenvalue weighted by molar-refractivity contribution is 0.185. The summed E-state index contributed by atoms with van der Waals surface area (Å²) < 4.78 is 0. The molecule has 0 saturated heterocycles. The maximum absolute atomic E-state index is 9.34. The molecule has 0 aromatic heterocycles. The van der Waals surface area contributed by atoms with Crippen molar-refractivity contribution in [2.45, 2.75) is 76.8 Å². The Morgan fingerprint density at radius 1 is 1.06 bits per heavy atom. The summed E-state index contributed by atoms with van der Waals surface area (Å²) in [4.78, 5) is 0. The summed E-state index contributed by atoms with van der Waals surface area (Å²) in [6.07, 6.45) is 12.1. The van der Waals surface area contributed by atoms with Gasteiger partial charge in [0.25, 0.3) is 0 Å². The van der Waals surface area contributed by atoms with Crippen LogP contribution < -0.4 is 5.32 Å². The van der Waals surface area contributed by atoms with Crippen LogP contribution in [0, 0.1) is 11.8 Å². The highest BCUT2D eigenvalue weighted by Gasteiger charge is 2.29. The van der Waals surface area contributed by atoms with Crippen LogP contribution in [-0.2, 0) is 0 Å². The smallest absolute Gasteiger partial charge is 0.0474 e. The van der Waals surface area contributed by atoms with Gasteiger partial charge < -0.3 is 10.4 Å². The molecule has 0 amide bonds. The lowest BCUT2D eigenvalue weighted by Gasteiger charge is -2.32. The van der Waals surface area contributed by atoms with Crippen molar-refractivity contribution in [2.24, 2.45) is 11.8 Å². The molecular weight excluding hydrogens is 210 g/mol. The van der Waals surface area contributed by atoms with Crippen LogP contribution in [0.15, 0.2) is 0 Å². The zero-order valence-electron chi connectivity index (χ0n) is 11.3. The van der Waals surface area contributed by atoms with Crippen molar-refractivity contribution < 1.29 is 5.11 Å². The molecule has 0 aromatic rings. The quantitative estimate of drug-likeness (QED) is 0.772. The maximum atomic E-state index is 9.34. The summed E-state index contributed by atoms with van der Waals surface area (Å²) in [6.45, 7) is 2.68. The van der Waals surface area contributed by atoms with Gasteiger partial charge in [-0.3, -0.25) is 0 Å². The second-order valence-electron chi connectivity index (χ2n) is 6.15. The first kappa shape index (κ1) is 13.4. The fourth-order valence-corrected chi connectivity index (χ4v) is 3.80. The number of hydrogen-bond acceptors (Lipinski definition) is 2. The van der Waals surface area contributed by atoms with Crippen LogP contribution in [0.25, 0.3) is 0 Å². The molecule has 2 unspecified atom stereocenters. The predicted molar refractivity (Wildman–Crippen MR) is 72.0 cm³/mol. The molecule has 2 nitrogen and oxygen atoms in total. The predicted octanol–water partition coefficient (Wildman–Crippen LogP) is 3.10. The second kappa shape index (κ2) is 6.75. The molecule has 0 aromatic carbocycles. The fourth-order valence-electron chi connectivity index (χ4n) is 3.80. The van der Waals surface area contributed by atoms with Crippen molar-refractivity contribution in [3.05, 3.63) is 0 Å². The SMILES string of the molecule is CCCC1CCC(NC2CCCC2CO)CC1. The van der Waals surface area contributed by atoms with Gasteiger partial charge in [0.15, 0.2) is 0 Å². The third-order valence-electron chi connectivity index (χ3n) is 4.89. The Balaban J connectivity index is 1.70. The molecule has 2 atom stereocenters. The first-order valence-corrected chi connectivity index (χ1v) is 7.70. The van der Waals surface area contributed by atoms with E-state index in [1.807, 2.05) is 0 Å². The van der Waals surface area contributed by atoms with E-state index in [4.69, 9.17) is 0 Å². The van der Waals surface area contributed by atoms with Gasteiger partial charge in [0, 0.05) is 18.7 Å². The highest BCUT2D eigenvalue weighted by molar-refractivity contribution is 4.87. The highest BCUT2D eigenvalue weighted by Crippen LogP contribution is 2.31. The van der Waals surface area contributed by atoms with E-state index in [1.54, 1.807) is 0 Å². The summed E-state index contributed by atoms with van der Waals surface area (Å²) in [5.74, 6) is 1.53. The lowest BCUT2D eigenvalue weighted by Crippen LogP contribution is -2.43. The van der Waals surface area contributed by atoms with Gasteiger partial charge in [-0.2, -0.15) is 0 Å². The Kier molecular flexibility index (Phi) is 5.30. The molecule has 2 aliphatic rings. The molecule has 17 heavy (non-hydrogen) atoms. The zero-order valence-corrected chi connectivity index (χ0v) is 11.3. The minimum Gasteiger partial charge on any atom is -0.396 e. The van der Waals surface area contributed by atoms with Crippen LogP contribution in [0.3, 0.4) is 0 Å². The average Bonchev–Trinajstić information content (AvgIpc) is 2.79. The first-order chi connectivity index (χ1) is 8.33. The van der Waals surface area contributed by atoms with Crippen molar-refractivity contribution in [1.82, 2.24) is 5.32 Å². The first-order valence-electron chi connectivity index (χ1n) is 7.70. The number of rotatable bonds is 5. The highest BCUT2D eigenvalue weighted by atomic mass is 16.3. The van der Waals surface area contributed by atoms with E-state index in [1.165, 1.54) is 57.8 Å². The van der Waals surface area contributed by atoms with E-state index in [0.717, 1.165) is 12.0 Å². The van der Waals surface area contributed by atoms with Crippen molar-refractivity contribution in [2.75, 3.05) is 6.61 Å². The molecule has 100 valence electrons. The molecule has 0 radical (unpaired) electrons. The van der Waals surface area contributed by atoms with E-state index in [0.29, 0.717) is 18.6 Å². The van der Waals surface area contributed by atoms with Crippen LogP contribution in [0.2, 0.25) is 0 Å². The Labute approximate surface area is 106 Å². The van der Waals surface area contributed by atoms with Gasteiger partial charge in [-0.05, 0) is 50.4 Å². The molecule has 2 rings (SSSR count). The van der Waals surface area contributed by atoms with Crippen molar-refractivity contribution >= 4 is 0 Å². The van der Waals surface area contributed by atoms with E-state index in [9.17, 15) is 5.11 Å². The third-order valence-corrected chi connectivity index (χ3v) is 4.89. The topological polar surface area (TPSA) is 32.3 Å². The molecular formula is C15H29NO. The molecule has 0 spiro atoms. The zero-order chi connectivity index (χ0) is 12.1. The molecule has 0 heterocycles. The van der Waals surface area contributed by atoms with E-state index in [-0.39, 0.29) is 0 Å². The monoisotopic (exact) mass is 239 g/mol. The molecule has 2 saturated carbocycles. The van der Waals surface area contributed by atoms with Gasteiger partial charge in [-0.1, -0.05) is 26.2 Å². The largest absolute Gasteiger partial charge is 0.396 e. The van der Waals surface area contributed by atoms with E-state index < -0.39 is 0 Å². The average molecular weight is 239 g/mol. The second-order valence-corrected chi connectivity index (χ2v) is 6.15. The molecule has 2 N–H and O–H groups in total. The molecule has 0 aliphatic heterocycles. The normalized spacial score (nSPS) is 38.5. The molecule has 0 bridgehead atoms.